The van der Waals surface area contributed by atoms with Crippen molar-refractivity contribution in [2.45, 2.75) is 25.8 Å². The molecule has 5 rings (SSSR count). The fourth-order valence-electron chi connectivity index (χ4n) is 3.78. The Labute approximate surface area is 181 Å². The van der Waals surface area contributed by atoms with Gasteiger partial charge in [0.05, 0.1) is 22.1 Å². The van der Waals surface area contributed by atoms with E-state index in [9.17, 15) is 14.4 Å². The Bertz CT molecular complexity index is 1500. The second kappa shape index (κ2) is 7.28. The highest BCUT2D eigenvalue weighted by atomic mass is 35.5. The van der Waals surface area contributed by atoms with E-state index in [4.69, 9.17) is 11.6 Å². The minimum Gasteiger partial charge on any atom is -0.353 e. The number of nitrogens with one attached hydrogen (secondary N) is 2. The van der Waals surface area contributed by atoms with Crippen molar-refractivity contribution in [3.63, 3.8) is 0 Å². The predicted octanol–water partition coefficient (Wildman–Crippen LogP) is 3.88. The zero-order valence-electron chi connectivity index (χ0n) is 16.7. The first kappa shape index (κ1) is 19.4. The number of aromatic amines is 1. The molecular formula is C23H19ClN4O3. The Morgan fingerprint density at radius 3 is 2.42 bits per heavy atom. The van der Waals surface area contributed by atoms with E-state index in [1.165, 1.54) is 15.2 Å². The third-order valence-corrected chi connectivity index (χ3v) is 5.71. The van der Waals surface area contributed by atoms with Gasteiger partial charge in [0, 0.05) is 12.1 Å². The van der Waals surface area contributed by atoms with Crippen molar-refractivity contribution in [3.05, 3.63) is 96.4 Å². The van der Waals surface area contributed by atoms with Crippen LogP contribution in [0.4, 0.5) is 11.4 Å². The molecule has 0 atom stereocenters. The fourth-order valence-corrected chi connectivity index (χ4v) is 4.06. The van der Waals surface area contributed by atoms with Gasteiger partial charge in [-0.25, -0.2) is 9.36 Å². The summed E-state index contributed by atoms with van der Waals surface area (Å²) in [6.07, 6.45) is 1.54. The number of para-hydroxylation sites is 1. The van der Waals surface area contributed by atoms with E-state index in [0.717, 1.165) is 18.4 Å². The Kier molecular flexibility index (Phi) is 4.55. The minimum absolute atomic E-state index is 0.137. The predicted molar refractivity (Wildman–Crippen MR) is 122 cm³/mol. The molecule has 1 fully saturated rings. The Balaban J connectivity index is 1.86. The molecule has 2 N–H and O–H groups in total. The molecule has 0 unspecified atom stereocenters. The van der Waals surface area contributed by atoms with Crippen LogP contribution in [0, 0.1) is 6.92 Å². The van der Waals surface area contributed by atoms with E-state index in [1.807, 2.05) is 19.1 Å². The lowest BCUT2D eigenvalue weighted by molar-refractivity contribution is 0.643. The van der Waals surface area contributed by atoms with Gasteiger partial charge in [0.25, 0.3) is 11.1 Å². The zero-order chi connectivity index (χ0) is 21.7. The number of halogens is 1. The Morgan fingerprint density at radius 1 is 1.00 bits per heavy atom. The molecule has 4 aromatic rings. The van der Waals surface area contributed by atoms with E-state index >= 15 is 0 Å². The number of fused-ring (bicyclic) bond motifs is 1. The van der Waals surface area contributed by atoms with Gasteiger partial charge in [-0.3, -0.25) is 14.2 Å². The standard InChI is InChI=1S/C23H19ClN4O3/c1-13-7-10-17(16(24)11-13)25-18-12-19(29)26-21-20(18)22(30)28(15-8-9-15)23(31)27(21)14-5-3-2-4-6-14/h2-7,10-12,15H,8-9H2,1H3,(H2,25,26,29). The smallest absolute Gasteiger partial charge is 0.337 e. The van der Waals surface area contributed by atoms with Gasteiger partial charge in [-0.15, -0.1) is 0 Å². The van der Waals surface area contributed by atoms with Crippen molar-refractivity contribution in [3.8, 4) is 5.69 Å². The Morgan fingerprint density at radius 2 is 1.74 bits per heavy atom. The van der Waals surface area contributed by atoms with Crippen molar-refractivity contribution in [1.29, 1.82) is 0 Å². The first-order chi connectivity index (χ1) is 14.9. The SMILES string of the molecule is Cc1ccc(Nc2cc(=O)[nH]c3c2c(=O)n(C2CC2)c(=O)n3-c2ccccc2)c(Cl)c1. The molecule has 0 amide bonds. The molecule has 8 heteroatoms. The second-order valence-corrected chi connectivity index (χ2v) is 8.15. The lowest BCUT2D eigenvalue weighted by atomic mass is 10.2. The molecule has 156 valence electrons. The van der Waals surface area contributed by atoms with Crippen molar-refractivity contribution in [2.75, 3.05) is 5.32 Å². The average Bonchev–Trinajstić information content (AvgIpc) is 3.55. The van der Waals surface area contributed by atoms with Gasteiger partial charge < -0.3 is 10.3 Å². The minimum atomic E-state index is -0.465. The summed E-state index contributed by atoms with van der Waals surface area (Å²) in [5.74, 6) is 0. The molecule has 0 radical (unpaired) electrons. The van der Waals surface area contributed by atoms with Gasteiger partial charge in [0.15, 0.2) is 0 Å². The van der Waals surface area contributed by atoms with Crippen LogP contribution >= 0.6 is 11.6 Å². The first-order valence-electron chi connectivity index (χ1n) is 9.97. The number of benzene rings is 2. The Hall–Kier alpha value is -3.58. The number of aryl methyl sites for hydroxylation is 1. The molecule has 31 heavy (non-hydrogen) atoms. The molecule has 0 saturated heterocycles. The maximum absolute atomic E-state index is 13.4. The normalized spacial score (nSPS) is 13.5. The van der Waals surface area contributed by atoms with E-state index in [0.29, 0.717) is 22.1 Å². The number of rotatable bonds is 4. The maximum atomic E-state index is 13.4. The molecular weight excluding hydrogens is 416 g/mol. The van der Waals surface area contributed by atoms with Crippen LogP contribution in [0.15, 0.2) is 69.0 Å². The number of pyridine rings is 1. The van der Waals surface area contributed by atoms with Crippen molar-refractivity contribution in [1.82, 2.24) is 14.1 Å². The summed E-state index contributed by atoms with van der Waals surface area (Å²) in [6, 6.07) is 15.6. The molecule has 1 saturated carbocycles. The van der Waals surface area contributed by atoms with Gasteiger partial charge in [0.1, 0.15) is 11.0 Å². The monoisotopic (exact) mass is 434 g/mol. The van der Waals surface area contributed by atoms with Gasteiger partial charge in [-0.2, -0.15) is 0 Å². The van der Waals surface area contributed by atoms with Gasteiger partial charge in [-0.1, -0.05) is 35.9 Å². The van der Waals surface area contributed by atoms with Crippen LogP contribution in [0.2, 0.25) is 5.02 Å². The highest BCUT2D eigenvalue weighted by Crippen LogP contribution is 2.33. The lowest BCUT2D eigenvalue weighted by Crippen LogP contribution is -2.40. The summed E-state index contributed by atoms with van der Waals surface area (Å²) >= 11 is 6.37. The average molecular weight is 435 g/mol. The second-order valence-electron chi connectivity index (χ2n) is 7.74. The van der Waals surface area contributed by atoms with Crippen molar-refractivity contribution in [2.24, 2.45) is 0 Å². The molecule has 7 nitrogen and oxygen atoms in total. The van der Waals surface area contributed by atoms with Crippen LogP contribution in [0.5, 0.6) is 0 Å². The summed E-state index contributed by atoms with van der Waals surface area (Å²) in [4.78, 5) is 42.0. The van der Waals surface area contributed by atoms with Gasteiger partial charge >= 0.3 is 5.69 Å². The lowest BCUT2D eigenvalue weighted by Gasteiger charge is -2.16. The number of aromatic nitrogens is 3. The summed E-state index contributed by atoms with van der Waals surface area (Å²) in [5, 5.41) is 3.82. The maximum Gasteiger partial charge on any atom is 0.337 e. The summed E-state index contributed by atoms with van der Waals surface area (Å²) < 4.78 is 2.67. The highest BCUT2D eigenvalue weighted by Gasteiger charge is 2.30. The summed E-state index contributed by atoms with van der Waals surface area (Å²) in [7, 11) is 0. The third kappa shape index (κ3) is 3.37. The number of hydrogen-bond donors (Lipinski definition) is 2. The van der Waals surface area contributed by atoms with E-state index in [1.54, 1.807) is 36.4 Å². The van der Waals surface area contributed by atoms with Gasteiger partial charge in [-0.05, 0) is 49.6 Å². The largest absolute Gasteiger partial charge is 0.353 e. The number of hydrogen-bond acceptors (Lipinski definition) is 4. The molecule has 1 aliphatic carbocycles. The number of nitrogens with zero attached hydrogens (tertiary/aromatic N) is 2. The zero-order valence-corrected chi connectivity index (χ0v) is 17.4. The topological polar surface area (TPSA) is 88.9 Å². The summed E-state index contributed by atoms with van der Waals surface area (Å²) in [6.45, 7) is 1.92. The molecule has 2 heterocycles. The van der Waals surface area contributed by atoms with Crippen molar-refractivity contribution < 1.29 is 0 Å². The van der Waals surface area contributed by atoms with Gasteiger partial charge in [0.2, 0.25) is 0 Å². The van der Waals surface area contributed by atoms with Crippen LogP contribution in [0.25, 0.3) is 16.7 Å². The molecule has 2 aromatic heterocycles. The molecule has 2 aromatic carbocycles. The molecule has 0 aliphatic heterocycles. The van der Waals surface area contributed by atoms with Crippen LogP contribution in [-0.4, -0.2) is 14.1 Å². The van der Waals surface area contributed by atoms with E-state index in [2.05, 4.69) is 10.3 Å². The van der Waals surface area contributed by atoms with Crippen LogP contribution in [-0.2, 0) is 0 Å². The van der Waals surface area contributed by atoms with Crippen LogP contribution in [0.1, 0.15) is 24.4 Å². The highest BCUT2D eigenvalue weighted by molar-refractivity contribution is 6.33. The van der Waals surface area contributed by atoms with E-state index in [-0.39, 0.29) is 17.1 Å². The van der Waals surface area contributed by atoms with E-state index < -0.39 is 16.8 Å². The van der Waals surface area contributed by atoms with Crippen molar-refractivity contribution >= 4 is 34.0 Å². The third-order valence-electron chi connectivity index (χ3n) is 5.40. The number of H-pyrrole nitrogens is 1. The molecule has 1 aliphatic rings. The fraction of sp³-hybridized carbons (Fsp3) is 0.174. The van der Waals surface area contributed by atoms with Crippen LogP contribution in [0.3, 0.4) is 0 Å². The molecule has 0 bridgehead atoms. The quantitative estimate of drug-likeness (QED) is 0.510. The molecule has 0 spiro atoms. The summed E-state index contributed by atoms with van der Waals surface area (Å²) in [5.41, 5.74) is 1.22. The number of anilines is 2. The first-order valence-corrected chi connectivity index (χ1v) is 10.3. The van der Waals surface area contributed by atoms with Crippen LogP contribution < -0.4 is 22.1 Å².